The third-order valence-corrected chi connectivity index (χ3v) is 3.23. The molecule has 8 heteroatoms. The van der Waals surface area contributed by atoms with Crippen LogP contribution in [0.5, 0.6) is 5.75 Å². The van der Waals surface area contributed by atoms with Crippen molar-refractivity contribution in [2.75, 3.05) is 5.32 Å². The molecule has 0 aliphatic carbocycles. The van der Waals surface area contributed by atoms with Gasteiger partial charge in [-0.3, -0.25) is 15.4 Å². The monoisotopic (exact) mass is 384 g/mol. The molecule has 8 nitrogen and oxygen atoms in total. The Morgan fingerprint density at radius 2 is 1.64 bits per heavy atom. The normalized spacial score (nSPS) is 11.1. The number of hydrogen-bond donors (Lipinski definition) is 1. The predicted molar refractivity (Wildman–Crippen MR) is 104 cm³/mol. The molecule has 2 aromatic carbocycles. The van der Waals surface area contributed by atoms with Crippen molar-refractivity contribution in [1.82, 2.24) is 0 Å². The summed E-state index contributed by atoms with van der Waals surface area (Å²) in [5, 5.41) is 13.2. The zero-order valence-corrected chi connectivity index (χ0v) is 15.7. The van der Waals surface area contributed by atoms with E-state index in [2.05, 4.69) is 5.32 Å². The summed E-state index contributed by atoms with van der Waals surface area (Å²) in [4.78, 5) is 33.6. The largest absolute Gasteiger partial charge is 0.444 e. The fourth-order valence-corrected chi connectivity index (χ4v) is 2.05. The van der Waals surface area contributed by atoms with Gasteiger partial charge in [0.05, 0.1) is 4.92 Å². The Bertz CT molecular complexity index is 880. The number of anilines is 1. The van der Waals surface area contributed by atoms with E-state index in [0.29, 0.717) is 5.69 Å². The minimum atomic E-state index is -0.621. The van der Waals surface area contributed by atoms with Gasteiger partial charge in [0.25, 0.3) is 5.69 Å². The Hall–Kier alpha value is -3.68. The number of ether oxygens (including phenoxy) is 2. The van der Waals surface area contributed by atoms with Crippen LogP contribution in [0.1, 0.15) is 26.3 Å². The molecule has 1 amide bonds. The van der Waals surface area contributed by atoms with Crippen LogP contribution < -0.4 is 10.1 Å². The minimum absolute atomic E-state index is 0.0876. The lowest BCUT2D eigenvalue weighted by Crippen LogP contribution is -2.27. The molecule has 2 aromatic rings. The van der Waals surface area contributed by atoms with E-state index >= 15 is 0 Å². The molecule has 0 aliphatic heterocycles. The molecule has 0 atom stereocenters. The first-order valence-electron chi connectivity index (χ1n) is 8.37. The van der Waals surface area contributed by atoms with Gasteiger partial charge in [0.1, 0.15) is 11.4 Å². The molecular formula is C20H20N2O6. The van der Waals surface area contributed by atoms with Crippen LogP contribution in [0.4, 0.5) is 16.2 Å². The van der Waals surface area contributed by atoms with Crippen LogP contribution >= 0.6 is 0 Å². The van der Waals surface area contributed by atoms with Gasteiger partial charge in [0.2, 0.25) is 0 Å². The summed E-state index contributed by atoms with van der Waals surface area (Å²) in [7, 11) is 0. The van der Waals surface area contributed by atoms with Crippen molar-refractivity contribution in [2.24, 2.45) is 0 Å². The van der Waals surface area contributed by atoms with Gasteiger partial charge in [-0.15, -0.1) is 0 Å². The van der Waals surface area contributed by atoms with E-state index in [4.69, 9.17) is 9.47 Å². The van der Waals surface area contributed by atoms with E-state index in [1.54, 1.807) is 51.1 Å². The first kappa shape index (κ1) is 20.6. The number of nitrogens with one attached hydrogen (secondary N) is 1. The number of carbonyl (C=O) groups is 2. The number of nitrogens with zero attached hydrogens (tertiary/aromatic N) is 1. The van der Waals surface area contributed by atoms with Crippen LogP contribution in [0.3, 0.4) is 0 Å². The molecule has 28 heavy (non-hydrogen) atoms. The topological polar surface area (TPSA) is 108 Å². The second-order valence-electron chi connectivity index (χ2n) is 6.75. The van der Waals surface area contributed by atoms with Gasteiger partial charge in [-0.05, 0) is 56.7 Å². The molecule has 0 unspecified atom stereocenters. The van der Waals surface area contributed by atoms with Crippen LogP contribution in [-0.2, 0) is 9.53 Å². The van der Waals surface area contributed by atoms with Crippen molar-refractivity contribution in [3.63, 3.8) is 0 Å². The van der Waals surface area contributed by atoms with Gasteiger partial charge in [0.15, 0.2) is 0 Å². The van der Waals surface area contributed by atoms with E-state index in [1.165, 1.54) is 30.3 Å². The van der Waals surface area contributed by atoms with E-state index in [1.807, 2.05) is 0 Å². The fourth-order valence-electron chi connectivity index (χ4n) is 2.05. The number of nitro groups is 1. The first-order valence-corrected chi connectivity index (χ1v) is 8.37. The number of carbonyl (C=O) groups excluding carboxylic acids is 2. The number of amides is 1. The molecule has 1 N–H and O–H groups in total. The number of hydrogen-bond acceptors (Lipinski definition) is 6. The summed E-state index contributed by atoms with van der Waals surface area (Å²) in [6.07, 6.45) is 2.23. The second-order valence-corrected chi connectivity index (χ2v) is 6.75. The highest BCUT2D eigenvalue weighted by Crippen LogP contribution is 2.18. The molecule has 146 valence electrons. The Morgan fingerprint density at radius 1 is 1.04 bits per heavy atom. The third-order valence-electron chi connectivity index (χ3n) is 3.23. The summed E-state index contributed by atoms with van der Waals surface area (Å²) in [5.41, 5.74) is 0.599. The van der Waals surface area contributed by atoms with Gasteiger partial charge in [0, 0.05) is 23.9 Å². The quantitative estimate of drug-likeness (QED) is 0.266. The van der Waals surface area contributed by atoms with E-state index in [9.17, 15) is 19.7 Å². The maximum absolute atomic E-state index is 11.8. The van der Waals surface area contributed by atoms with Crippen LogP contribution in [0.2, 0.25) is 0 Å². The van der Waals surface area contributed by atoms with Crippen molar-refractivity contribution in [3.8, 4) is 5.75 Å². The molecule has 0 bridgehead atoms. The van der Waals surface area contributed by atoms with Crippen LogP contribution in [0.25, 0.3) is 6.08 Å². The summed E-state index contributed by atoms with van der Waals surface area (Å²) in [6, 6.07) is 12.0. The van der Waals surface area contributed by atoms with Gasteiger partial charge < -0.3 is 9.47 Å². The van der Waals surface area contributed by atoms with E-state index < -0.39 is 22.6 Å². The minimum Gasteiger partial charge on any atom is -0.444 e. The number of rotatable bonds is 5. The summed E-state index contributed by atoms with van der Waals surface area (Å²) < 4.78 is 10.2. The number of benzene rings is 2. The zero-order chi connectivity index (χ0) is 20.7. The standard InChI is InChI=1S/C20H20N2O6/c1-20(2,3)28-19(24)21-15-7-4-14(5-8-15)6-13-18(23)27-17-11-9-16(10-12-17)22(25)26/h4-13H,1-3H3,(H,21,24). The van der Waals surface area contributed by atoms with Crippen molar-refractivity contribution < 1.29 is 24.0 Å². The molecule has 0 aliphatic rings. The maximum Gasteiger partial charge on any atom is 0.412 e. The average molecular weight is 384 g/mol. The smallest absolute Gasteiger partial charge is 0.412 e. The maximum atomic E-state index is 11.8. The Balaban J connectivity index is 1.90. The second kappa shape index (κ2) is 8.81. The molecule has 0 saturated heterocycles. The molecule has 0 radical (unpaired) electrons. The van der Waals surface area contributed by atoms with Crippen molar-refractivity contribution in [1.29, 1.82) is 0 Å². The zero-order valence-electron chi connectivity index (χ0n) is 15.7. The lowest BCUT2D eigenvalue weighted by Gasteiger charge is -2.19. The molecule has 0 spiro atoms. The van der Waals surface area contributed by atoms with E-state index in [0.717, 1.165) is 5.56 Å². The lowest BCUT2D eigenvalue weighted by atomic mass is 10.2. The highest BCUT2D eigenvalue weighted by Gasteiger charge is 2.16. The summed E-state index contributed by atoms with van der Waals surface area (Å²) >= 11 is 0. The van der Waals surface area contributed by atoms with E-state index in [-0.39, 0.29) is 11.4 Å². The molecule has 2 rings (SSSR count). The average Bonchev–Trinajstić information content (AvgIpc) is 2.60. The highest BCUT2D eigenvalue weighted by atomic mass is 16.6. The number of nitro benzene ring substituents is 1. The number of non-ortho nitro benzene ring substituents is 1. The molecule has 0 heterocycles. The Kier molecular flexibility index (Phi) is 6.49. The third kappa shape index (κ3) is 6.91. The van der Waals surface area contributed by atoms with Crippen molar-refractivity contribution in [2.45, 2.75) is 26.4 Å². The van der Waals surface area contributed by atoms with Gasteiger partial charge in [-0.1, -0.05) is 12.1 Å². The highest BCUT2D eigenvalue weighted by molar-refractivity contribution is 5.89. The number of esters is 1. The van der Waals surface area contributed by atoms with Crippen molar-refractivity contribution >= 4 is 29.5 Å². The Morgan fingerprint density at radius 3 is 2.18 bits per heavy atom. The predicted octanol–water partition coefficient (Wildman–Crippen LogP) is 4.56. The Labute approximate surface area is 161 Å². The van der Waals surface area contributed by atoms with Crippen LogP contribution in [-0.4, -0.2) is 22.6 Å². The molecule has 0 saturated carbocycles. The van der Waals surface area contributed by atoms with Gasteiger partial charge >= 0.3 is 12.1 Å². The molecular weight excluding hydrogens is 364 g/mol. The van der Waals surface area contributed by atoms with Crippen molar-refractivity contribution in [3.05, 3.63) is 70.3 Å². The first-order chi connectivity index (χ1) is 13.1. The fraction of sp³-hybridized carbons (Fsp3) is 0.200. The summed E-state index contributed by atoms with van der Waals surface area (Å²) in [6.45, 7) is 5.32. The van der Waals surface area contributed by atoms with Crippen LogP contribution in [0.15, 0.2) is 54.6 Å². The lowest BCUT2D eigenvalue weighted by molar-refractivity contribution is -0.384. The van der Waals surface area contributed by atoms with Crippen LogP contribution in [0, 0.1) is 10.1 Å². The summed E-state index contributed by atoms with van der Waals surface area (Å²) in [5.74, 6) is -0.415. The SMILES string of the molecule is CC(C)(C)OC(=O)Nc1ccc(C=CC(=O)Oc2ccc([N+](=O)[O-])cc2)cc1. The van der Waals surface area contributed by atoms with Gasteiger partial charge in [-0.2, -0.15) is 0 Å². The molecule has 0 aromatic heterocycles. The van der Waals surface area contributed by atoms with Gasteiger partial charge in [-0.25, -0.2) is 9.59 Å². The molecule has 0 fully saturated rings.